The number of aryl methyl sites for hydroxylation is 3. The Hall–Kier alpha value is -1.65. The summed E-state index contributed by atoms with van der Waals surface area (Å²) in [7, 11) is 0. The van der Waals surface area contributed by atoms with Crippen molar-refractivity contribution in [2.45, 2.75) is 33.7 Å². The second kappa shape index (κ2) is 6.87. The molecule has 2 rings (SSSR count). The van der Waals surface area contributed by atoms with Crippen molar-refractivity contribution in [1.82, 2.24) is 5.32 Å². The van der Waals surface area contributed by atoms with Crippen LogP contribution in [0.3, 0.4) is 0 Å². The third-order valence-corrected chi connectivity index (χ3v) is 4.40. The first-order chi connectivity index (χ1) is 9.95. The van der Waals surface area contributed by atoms with Gasteiger partial charge in [-0.15, -0.1) is 11.3 Å². The molecule has 1 aromatic carbocycles. The molecule has 0 radical (unpaired) electrons. The summed E-state index contributed by atoms with van der Waals surface area (Å²) in [4.78, 5) is 14.6. The molecule has 1 heterocycles. The van der Waals surface area contributed by atoms with Crippen molar-refractivity contribution in [2.24, 2.45) is 0 Å². The zero-order valence-electron chi connectivity index (χ0n) is 13.0. The van der Waals surface area contributed by atoms with Crippen LogP contribution < -0.4 is 10.6 Å². The van der Waals surface area contributed by atoms with Gasteiger partial charge in [-0.25, -0.2) is 0 Å². The number of benzene rings is 1. The minimum absolute atomic E-state index is 0.0166. The highest BCUT2D eigenvalue weighted by atomic mass is 32.1. The van der Waals surface area contributed by atoms with Crippen LogP contribution in [0.2, 0.25) is 0 Å². The summed E-state index contributed by atoms with van der Waals surface area (Å²) in [6.45, 7) is 8.64. The summed E-state index contributed by atoms with van der Waals surface area (Å²) in [6.07, 6.45) is 0. The highest BCUT2D eigenvalue weighted by Crippen LogP contribution is 2.25. The molecule has 3 nitrogen and oxygen atoms in total. The lowest BCUT2D eigenvalue weighted by molar-refractivity contribution is -0.115. The van der Waals surface area contributed by atoms with Gasteiger partial charge in [-0.2, -0.15) is 0 Å². The zero-order chi connectivity index (χ0) is 15.4. The van der Waals surface area contributed by atoms with Gasteiger partial charge in [0.1, 0.15) is 0 Å². The van der Waals surface area contributed by atoms with Crippen LogP contribution in [-0.4, -0.2) is 12.5 Å². The van der Waals surface area contributed by atoms with Crippen molar-refractivity contribution < 1.29 is 4.79 Å². The van der Waals surface area contributed by atoms with E-state index in [0.29, 0.717) is 6.54 Å². The first-order valence-electron chi connectivity index (χ1n) is 7.12. The maximum atomic E-state index is 12.0. The molecular formula is C17H22N2OS. The van der Waals surface area contributed by atoms with Crippen LogP contribution in [0, 0.1) is 20.8 Å². The number of hydrogen-bond donors (Lipinski definition) is 2. The molecule has 112 valence electrons. The molecule has 2 aromatic rings. The molecule has 0 saturated carbocycles. The average molecular weight is 302 g/mol. The molecular weight excluding hydrogens is 280 g/mol. The fourth-order valence-corrected chi connectivity index (χ4v) is 3.39. The van der Waals surface area contributed by atoms with Gasteiger partial charge in [0.2, 0.25) is 5.91 Å². The quantitative estimate of drug-likeness (QED) is 0.877. The fraction of sp³-hybridized carbons (Fsp3) is 0.353. The maximum Gasteiger partial charge on any atom is 0.238 e. The average Bonchev–Trinajstić information content (AvgIpc) is 2.75. The van der Waals surface area contributed by atoms with Crippen molar-refractivity contribution >= 4 is 22.9 Å². The largest absolute Gasteiger partial charge is 0.325 e. The SMILES string of the molecule is Cc1cccc(NC(=O)CNC(C)c2cc(C)sc2C)c1. The van der Waals surface area contributed by atoms with E-state index >= 15 is 0 Å². The molecule has 1 atom stereocenters. The molecule has 1 unspecified atom stereocenters. The number of thiophene rings is 1. The minimum atomic E-state index is -0.0166. The van der Waals surface area contributed by atoms with E-state index in [1.165, 1.54) is 15.3 Å². The molecule has 0 aliphatic heterocycles. The van der Waals surface area contributed by atoms with Crippen LogP contribution in [0.4, 0.5) is 5.69 Å². The summed E-state index contributed by atoms with van der Waals surface area (Å²) >= 11 is 1.80. The van der Waals surface area contributed by atoms with E-state index in [2.05, 4.69) is 37.5 Å². The number of amides is 1. The van der Waals surface area contributed by atoms with Crippen LogP contribution in [0.5, 0.6) is 0 Å². The number of hydrogen-bond acceptors (Lipinski definition) is 3. The molecule has 1 amide bonds. The Morgan fingerprint density at radius 1 is 1.24 bits per heavy atom. The van der Waals surface area contributed by atoms with Crippen molar-refractivity contribution in [1.29, 1.82) is 0 Å². The highest BCUT2D eigenvalue weighted by Gasteiger charge is 2.12. The Bertz CT molecular complexity index is 633. The van der Waals surface area contributed by atoms with Crippen LogP contribution in [0.25, 0.3) is 0 Å². The summed E-state index contributed by atoms with van der Waals surface area (Å²) in [5, 5.41) is 6.19. The third-order valence-electron chi connectivity index (χ3n) is 3.42. The first-order valence-corrected chi connectivity index (χ1v) is 7.94. The van der Waals surface area contributed by atoms with Gasteiger partial charge >= 0.3 is 0 Å². The van der Waals surface area contributed by atoms with Gasteiger partial charge in [0, 0.05) is 21.5 Å². The summed E-state index contributed by atoms with van der Waals surface area (Å²) in [6, 6.07) is 10.2. The molecule has 0 spiro atoms. The smallest absolute Gasteiger partial charge is 0.238 e. The number of carbonyl (C=O) groups excluding carboxylic acids is 1. The number of nitrogens with one attached hydrogen (secondary N) is 2. The van der Waals surface area contributed by atoms with Gasteiger partial charge in [0.25, 0.3) is 0 Å². The van der Waals surface area contributed by atoms with Gasteiger partial charge in [0.15, 0.2) is 0 Å². The molecule has 0 aliphatic carbocycles. The Balaban J connectivity index is 1.88. The summed E-state index contributed by atoms with van der Waals surface area (Å²) in [5.74, 6) is -0.0166. The number of rotatable bonds is 5. The van der Waals surface area contributed by atoms with Gasteiger partial charge in [-0.05, 0) is 57.0 Å². The van der Waals surface area contributed by atoms with Crippen LogP contribution in [-0.2, 0) is 4.79 Å². The Morgan fingerprint density at radius 3 is 2.62 bits per heavy atom. The van der Waals surface area contributed by atoms with Crippen LogP contribution >= 0.6 is 11.3 Å². The molecule has 0 bridgehead atoms. The zero-order valence-corrected chi connectivity index (χ0v) is 13.8. The first kappa shape index (κ1) is 15.7. The molecule has 0 aliphatic rings. The van der Waals surface area contributed by atoms with E-state index in [9.17, 15) is 4.79 Å². The van der Waals surface area contributed by atoms with Crippen LogP contribution in [0.15, 0.2) is 30.3 Å². The lowest BCUT2D eigenvalue weighted by atomic mass is 10.1. The normalized spacial score (nSPS) is 12.2. The summed E-state index contributed by atoms with van der Waals surface area (Å²) in [5.41, 5.74) is 3.26. The van der Waals surface area contributed by atoms with E-state index in [1.54, 1.807) is 11.3 Å². The van der Waals surface area contributed by atoms with Crippen molar-refractivity contribution in [3.05, 3.63) is 51.2 Å². The Kier molecular flexibility index (Phi) is 5.15. The topological polar surface area (TPSA) is 41.1 Å². The molecule has 21 heavy (non-hydrogen) atoms. The van der Waals surface area contributed by atoms with E-state index < -0.39 is 0 Å². The van der Waals surface area contributed by atoms with E-state index in [-0.39, 0.29) is 11.9 Å². The van der Waals surface area contributed by atoms with Crippen molar-refractivity contribution in [2.75, 3.05) is 11.9 Å². The standard InChI is InChI=1S/C17H22N2OS/c1-11-6-5-7-15(8-11)19-17(20)10-18-13(3)16-9-12(2)21-14(16)4/h5-9,13,18H,10H2,1-4H3,(H,19,20). The van der Waals surface area contributed by atoms with E-state index in [4.69, 9.17) is 0 Å². The number of carbonyl (C=O) groups is 1. The molecule has 1 aromatic heterocycles. The predicted octanol–water partition coefficient (Wildman–Crippen LogP) is 3.96. The fourth-order valence-electron chi connectivity index (χ4n) is 2.36. The van der Waals surface area contributed by atoms with Gasteiger partial charge in [0.05, 0.1) is 6.54 Å². The van der Waals surface area contributed by atoms with Crippen molar-refractivity contribution in [3.8, 4) is 0 Å². The molecule has 0 saturated heterocycles. The van der Waals surface area contributed by atoms with E-state index in [0.717, 1.165) is 11.3 Å². The third kappa shape index (κ3) is 4.41. The lowest BCUT2D eigenvalue weighted by Gasteiger charge is -2.14. The van der Waals surface area contributed by atoms with Gasteiger partial charge in [-0.3, -0.25) is 4.79 Å². The minimum Gasteiger partial charge on any atom is -0.325 e. The lowest BCUT2D eigenvalue weighted by Crippen LogP contribution is -2.30. The summed E-state index contributed by atoms with van der Waals surface area (Å²) < 4.78 is 0. The predicted molar refractivity (Wildman–Crippen MR) is 90.0 cm³/mol. The maximum absolute atomic E-state index is 12.0. The highest BCUT2D eigenvalue weighted by molar-refractivity contribution is 7.12. The van der Waals surface area contributed by atoms with Gasteiger partial charge in [-0.1, -0.05) is 12.1 Å². The van der Waals surface area contributed by atoms with Crippen molar-refractivity contribution in [3.63, 3.8) is 0 Å². The second-order valence-corrected chi connectivity index (χ2v) is 6.85. The van der Waals surface area contributed by atoms with Crippen LogP contribution in [0.1, 0.15) is 33.8 Å². The second-order valence-electron chi connectivity index (χ2n) is 5.39. The van der Waals surface area contributed by atoms with Gasteiger partial charge < -0.3 is 10.6 Å². The number of anilines is 1. The Labute approximate surface area is 130 Å². The molecule has 4 heteroatoms. The van der Waals surface area contributed by atoms with E-state index in [1.807, 2.05) is 31.2 Å². The monoisotopic (exact) mass is 302 g/mol. The molecule has 2 N–H and O–H groups in total. The Morgan fingerprint density at radius 2 is 2.00 bits per heavy atom. The molecule has 0 fully saturated rings.